The molecule has 1 saturated heterocycles. The Morgan fingerprint density at radius 2 is 2.17 bits per heavy atom. The van der Waals surface area contributed by atoms with Crippen LogP contribution in [0.25, 0.3) is 0 Å². The molecule has 1 aromatic carbocycles. The number of nitriles is 1. The van der Waals surface area contributed by atoms with Crippen molar-refractivity contribution >= 4 is 5.78 Å². The fourth-order valence-corrected chi connectivity index (χ4v) is 2.50. The third-order valence-electron chi connectivity index (χ3n) is 3.62. The number of likely N-dealkylation sites (tertiary alicyclic amines) is 1. The zero-order chi connectivity index (χ0) is 13.0. The van der Waals surface area contributed by atoms with E-state index < -0.39 is 0 Å². The summed E-state index contributed by atoms with van der Waals surface area (Å²) in [5.74, 6) is 0.577. The van der Waals surface area contributed by atoms with Crippen LogP contribution < -0.4 is 0 Å². The molecular formula is C15H18N2O. The summed E-state index contributed by atoms with van der Waals surface area (Å²) in [6, 6.07) is 9.91. The number of hydrogen-bond acceptors (Lipinski definition) is 3. The van der Waals surface area contributed by atoms with Crippen molar-refractivity contribution in [1.29, 1.82) is 5.26 Å². The number of piperidine rings is 1. The van der Waals surface area contributed by atoms with Crippen LogP contribution in [-0.2, 0) is 11.3 Å². The molecule has 0 saturated carbocycles. The molecule has 0 radical (unpaired) electrons. The molecule has 3 nitrogen and oxygen atoms in total. The monoisotopic (exact) mass is 242 g/mol. The van der Waals surface area contributed by atoms with Gasteiger partial charge in [0.05, 0.1) is 11.6 Å². The molecular weight excluding hydrogens is 224 g/mol. The van der Waals surface area contributed by atoms with Gasteiger partial charge in [0.1, 0.15) is 5.78 Å². The summed E-state index contributed by atoms with van der Waals surface area (Å²) in [4.78, 5) is 13.6. The first-order chi connectivity index (χ1) is 8.69. The molecule has 0 amide bonds. The fraction of sp³-hybridized carbons (Fsp3) is 0.467. The highest BCUT2D eigenvalue weighted by Gasteiger charge is 2.22. The maximum atomic E-state index is 11.3. The average molecular weight is 242 g/mol. The number of carbonyl (C=O) groups is 1. The highest BCUT2D eigenvalue weighted by atomic mass is 16.1. The molecule has 1 aliphatic heterocycles. The van der Waals surface area contributed by atoms with E-state index in [2.05, 4.69) is 17.0 Å². The van der Waals surface area contributed by atoms with Crippen LogP contribution in [0.3, 0.4) is 0 Å². The van der Waals surface area contributed by atoms with Gasteiger partial charge in [0.2, 0.25) is 0 Å². The predicted molar refractivity (Wildman–Crippen MR) is 69.8 cm³/mol. The lowest BCUT2D eigenvalue weighted by molar-refractivity contribution is -0.122. The molecule has 0 spiro atoms. The smallest absolute Gasteiger partial charge is 0.133 e. The van der Waals surface area contributed by atoms with E-state index in [4.69, 9.17) is 5.26 Å². The lowest BCUT2D eigenvalue weighted by Gasteiger charge is -2.30. The van der Waals surface area contributed by atoms with Crippen LogP contribution in [-0.4, -0.2) is 23.8 Å². The van der Waals surface area contributed by atoms with Gasteiger partial charge in [0.25, 0.3) is 0 Å². The Kier molecular flexibility index (Phi) is 4.11. The van der Waals surface area contributed by atoms with E-state index in [-0.39, 0.29) is 5.92 Å². The van der Waals surface area contributed by atoms with Crippen molar-refractivity contribution in [3.8, 4) is 6.07 Å². The second-order valence-electron chi connectivity index (χ2n) is 4.97. The van der Waals surface area contributed by atoms with Crippen LogP contribution >= 0.6 is 0 Å². The first kappa shape index (κ1) is 12.8. The van der Waals surface area contributed by atoms with E-state index in [1.54, 1.807) is 6.92 Å². The number of nitrogens with zero attached hydrogens (tertiary/aromatic N) is 2. The standard InChI is InChI=1S/C15H18N2O/c1-12(18)15-5-7-17(8-6-15)11-14-4-2-3-13(9-14)10-16/h2-4,9,15H,5-8,11H2,1H3. The van der Waals surface area contributed by atoms with Gasteiger partial charge in [-0.3, -0.25) is 9.69 Å². The molecule has 2 rings (SSSR count). The first-order valence-corrected chi connectivity index (χ1v) is 6.41. The van der Waals surface area contributed by atoms with Crippen LogP contribution in [0.2, 0.25) is 0 Å². The third-order valence-corrected chi connectivity index (χ3v) is 3.62. The van der Waals surface area contributed by atoms with Gasteiger partial charge in [-0.25, -0.2) is 0 Å². The zero-order valence-corrected chi connectivity index (χ0v) is 10.7. The Labute approximate surface area is 108 Å². The largest absolute Gasteiger partial charge is 0.300 e. The Morgan fingerprint density at radius 1 is 1.44 bits per heavy atom. The number of carbonyl (C=O) groups excluding carboxylic acids is 1. The number of ketones is 1. The lowest BCUT2D eigenvalue weighted by atomic mass is 9.93. The Bertz CT molecular complexity index is 468. The van der Waals surface area contributed by atoms with Crippen molar-refractivity contribution in [2.45, 2.75) is 26.3 Å². The van der Waals surface area contributed by atoms with Gasteiger partial charge in [-0.1, -0.05) is 12.1 Å². The number of rotatable bonds is 3. The van der Waals surface area contributed by atoms with E-state index in [0.29, 0.717) is 11.3 Å². The SMILES string of the molecule is CC(=O)C1CCN(Cc2cccc(C#N)c2)CC1. The van der Waals surface area contributed by atoms with Crippen LogP contribution in [0, 0.1) is 17.2 Å². The van der Waals surface area contributed by atoms with Crippen molar-refractivity contribution in [2.24, 2.45) is 5.92 Å². The quantitative estimate of drug-likeness (QED) is 0.817. The molecule has 1 aliphatic rings. The Morgan fingerprint density at radius 3 is 2.78 bits per heavy atom. The van der Waals surface area contributed by atoms with Crippen molar-refractivity contribution in [1.82, 2.24) is 4.90 Å². The molecule has 0 bridgehead atoms. The predicted octanol–water partition coefficient (Wildman–Crippen LogP) is 2.36. The van der Waals surface area contributed by atoms with Crippen LogP contribution in [0.15, 0.2) is 24.3 Å². The van der Waals surface area contributed by atoms with Gasteiger partial charge in [-0.2, -0.15) is 5.26 Å². The summed E-state index contributed by atoms with van der Waals surface area (Å²) in [6.45, 7) is 4.51. The maximum Gasteiger partial charge on any atom is 0.133 e. The van der Waals surface area contributed by atoms with E-state index >= 15 is 0 Å². The topological polar surface area (TPSA) is 44.1 Å². The summed E-state index contributed by atoms with van der Waals surface area (Å²) in [5, 5.41) is 8.86. The van der Waals surface area contributed by atoms with Gasteiger partial charge < -0.3 is 0 Å². The van der Waals surface area contributed by atoms with E-state index in [1.165, 1.54) is 5.56 Å². The van der Waals surface area contributed by atoms with Crippen molar-refractivity contribution in [3.63, 3.8) is 0 Å². The number of hydrogen-bond donors (Lipinski definition) is 0. The van der Waals surface area contributed by atoms with Gasteiger partial charge in [-0.15, -0.1) is 0 Å². The highest BCUT2D eigenvalue weighted by Crippen LogP contribution is 2.19. The van der Waals surface area contributed by atoms with Crippen molar-refractivity contribution < 1.29 is 4.79 Å². The molecule has 3 heteroatoms. The minimum absolute atomic E-state index is 0.256. The molecule has 1 heterocycles. The summed E-state index contributed by atoms with van der Waals surface area (Å²) in [7, 11) is 0. The Balaban J connectivity index is 1.91. The van der Waals surface area contributed by atoms with E-state index in [9.17, 15) is 4.79 Å². The minimum atomic E-state index is 0.256. The molecule has 0 unspecified atom stereocenters. The molecule has 0 aliphatic carbocycles. The maximum absolute atomic E-state index is 11.3. The third kappa shape index (κ3) is 3.18. The van der Waals surface area contributed by atoms with Gasteiger partial charge >= 0.3 is 0 Å². The second kappa shape index (κ2) is 5.79. The van der Waals surface area contributed by atoms with Gasteiger partial charge in [-0.05, 0) is 50.6 Å². The molecule has 0 aromatic heterocycles. The van der Waals surface area contributed by atoms with Crippen LogP contribution in [0.1, 0.15) is 30.9 Å². The summed E-state index contributed by atoms with van der Waals surface area (Å²) < 4.78 is 0. The fourth-order valence-electron chi connectivity index (χ4n) is 2.50. The first-order valence-electron chi connectivity index (χ1n) is 6.41. The minimum Gasteiger partial charge on any atom is -0.300 e. The van der Waals surface area contributed by atoms with E-state index in [0.717, 1.165) is 32.5 Å². The summed E-state index contributed by atoms with van der Waals surface area (Å²) >= 11 is 0. The van der Waals surface area contributed by atoms with Gasteiger partial charge in [0.15, 0.2) is 0 Å². The van der Waals surface area contributed by atoms with Crippen LogP contribution in [0.5, 0.6) is 0 Å². The average Bonchev–Trinajstić information content (AvgIpc) is 2.39. The zero-order valence-electron chi connectivity index (χ0n) is 10.7. The molecule has 0 atom stereocenters. The molecule has 0 N–H and O–H groups in total. The lowest BCUT2D eigenvalue weighted by Crippen LogP contribution is -2.35. The molecule has 1 aromatic rings. The normalized spacial score (nSPS) is 17.3. The summed E-state index contributed by atoms with van der Waals surface area (Å²) in [6.07, 6.45) is 1.93. The highest BCUT2D eigenvalue weighted by molar-refractivity contribution is 5.78. The van der Waals surface area contributed by atoms with Gasteiger partial charge in [0, 0.05) is 12.5 Å². The second-order valence-corrected chi connectivity index (χ2v) is 4.97. The molecule has 94 valence electrons. The number of Topliss-reactive ketones (excluding diaryl/α,β-unsaturated/α-hetero) is 1. The van der Waals surface area contributed by atoms with Crippen LogP contribution in [0.4, 0.5) is 0 Å². The molecule has 18 heavy (non-hydrogen) atoms. The van der Waals surface area contributed by atoms with Crippen molar-refractivity contribution in [2.75, 3.05) is 13.1 Å². The van der Waals surface area contributed by atoms with E-state index in [1.807, 2.05) is 18.2 Å². The Hall–Kier alpha value is -1.66. The molecule has 1 fully saturated rings. The number of benzene rings is 1. The summed E-state index contributed by atoms with van der Waals surface area (Å²) in [5.41, 5.74) is 1.89. The van der Waals surface area contributed by atoms with Crippen molar-refractivity contribution in [3.05, 3.63) is 35.4 Å².